The van der Waals surface area contributed by atoms with Gasteiger partial charge in [0, 0.05) is 0 Å². The Labute approximate surface area is 133 Å². The van der Waals surface area contributed by atoms with Gasteiger partial charge in [-0.2, -0.15) is 0 Å². The number of aliphatic carboxylic acids is 3. The summed E-state index contributed by atoms with van der Waals surface area (Å²) in [6.45, 7) is 2.00. The summed E-state index contributed by atoms with van der Waals surface area (Å²) in [6.07, 6.45) is -4.37. The molecule has 0 aromatic carbocycles. The van der Waals surface area contributed by atoms with Crippen molar-refractivity contribution >= 4 is 30.9 Å². The van der Waals surface area contributed by atoms with Crippen molar-refractivity contribution in [2.24, 2.45) is 0 Å². The molecule has 0 rings (SSSR count). The summed E-state index contributed by atoms with van der Waals surface area (Å²) in [5.74, 6) is -5.02. The van der Waals surface area contributed by atoms with Crippen LogP contribution in [0, 0.1) is 0 Å². The van der Waals surface area contributed by atoms with Gasteiger partial charge in [-0.25, -0.2) is 4.79 Å². The fourth-order valence-corrected chi connectivity index (χ4v) is 0.714. The Morgan fingerprint density at radius 3 is 1.20 bits per heavy atom. The Morgan fingerprint density at radius 1 is 0.900 bits per heavy atom. The van der Waals surface area contributed by atoms with Gasteiger partial charge in [0.15, 0.2) is 5.60 Å². The van der Waals surface area contributed by atoms with Crippen LogP contribution in [0.5, 0.6) is 0 Å². The third-order valence-corrected chi connectivity index (χ3v) is 1.29. The summed E-state index contributed by atoms with van der Waals surface area (Å²) in [6, 6.07) is 0. The largest absolute Gasteiger partial charge is 1.00 e. The second kappa shape index (κ2) is 13.7. The first kappa shape index (κ1) is 26.8. The number of hydrogen-bond acceptors (Lipinski definition) is 7. The quantitative estimate of drug-likeness (QED) is 0.302. The summed E-state index contributed by atoms with van der Waals surface area (Å²) >= 11 is 0. The molecule has 0 unspecified atom stereocenters. The number of aliphatic hydroxyl groups is 1. The second-order valence-electron chi connectivity index (χ2n) is 2.74. The molecular weight excluding hydrogens is 295 g/mol. The van der Waals surface area contributed by atoms with Gasteiger partial charge in [0.05, 0.1) is 12.8 Å². The van der Waals surface area contributed by atoms with Crippen molar-refractivity contribution in [1.29, 1.82) is 0 Å². The van der Waals surface area contributed by atoms with Gasteiger partial charge in [0.25, 0.3) is 0 Å². The minimum Gasteiger partial charge on any atom is -0.565 e. The third-order valence-electron chi connectivity index (χ3n) is 1.29. The smallest absolute Gasteiger partial charge is 0.565 e. The SMILES string of the molecule is C=O.O=C(O)CC(O)(CC(=O)O)C(=O)O.O=C([O-])O.[Na+]. The fourth-order valence-electron chi connectivity index (χ4n) is 0.714. The van der Waals surface area contributed by atoms with Crippen LogP contribution in [-0.2, 0) is 19.2 Å². The van der Waals surface area contributed by atoms with E-state index in [0.29, 0.717) is 0 Å². The minimum absolute atomic E-state index is 0. The van der Waals surface area contributed by atoms with Crippen molar-refractivity contribution in [2.75, 3.05) is 0 Å². The molecule has 0 radical (unpaired) electrons. The van der Waals surface area contributed by atoms with Gasteiger partial charge in [-0.3, -0.25) is 9.59 Å². The van der Waals surface area contributed by atoms with Crippen molar-refractivity contribution in [1.82, 2.24) is 0 Å². The van der Waals surface area contributed by atoms with Crippen LogP contribution < -0.4 is 34.7 Å². The number of hydrogen-bond donors (Lipinski definition) is 5. The predicted octanol–water partition coefficient (Wildman–Crippen LogP) is -5.54. The number of carboxylic acids is 3. The first-order valence-corrected chi connectivity index (χ1v) is 4.09. The van der Waals surface area contributed by atoms with Crippen LogP contribution in [0.3, 0.4) is 0 Å². The number of carbonyl (C=O) groups is 5. The molecule has 11 nitrogen and oxygen atoms in total. The average molecular weight is 306 g/mol. The van der Waals surface area contributed by atoms with E-state index >= 15 is 0 Å². The molecular formula is C8H11NaO11. The molecule has 0 fully saturated rings. The Kier molecular flexibility index (Phi) is 18.4. The molecule has 0 aliphatic rings. The van der Waals surface area contributed by atoms with Crippen molar-refractivity contribution in [3.63, 3.8) is 0 Å². The Bertz CT molecular complexity index is 319. The molecule has 0 amide bonds. The first-order valence-electron chi connectivity index (χ1n) is 4.09. The molecule has 5 N–H and O–H groups in total. The zero-order valence-corrected chi connectivity index (χ0v) is 12.3. The van der Waals surface area contributed by atoms with Crippen LogP contribution in [0.4, 0.5) is 4.79 Å². The van der Waals surface area contributed by atoms with Crippen LogP contribution in [0.1, 0.15) is 12.8 Å². The summed E-state index contributed by atoms with van der Waals surface area (Å²) in [4.78, 5) is 46.9. The predicted molar refractivity (Wildman–Crippen MR) is 52.2 cm³/mol. The topological polar surface area (TPSA) is 210 Å². The molecule has 0 aromatic rings. The number of rotatable bonds is 5. The van der Waals surface area contributed by atoms with E-state index in [0.717, 1.165) is 0 Å². The van der Waals surface area contributed by atoms with Gasteiger partial charge >= 0.3 is 47.5 Å². The first-order chi connectivity index (χ1) is 8.51. The van der Waals surface area contributed by atoms with Crippen molar-refractivity contribution < 1.29 is 84.2 Å². The Balaban J connectivity index is -0.000000157. The molecule has 0 spiro atoms. The van der Waals surface area contributed by atoms with Crippen LogP contribution in [-0.4, -0.2) is 62.0 Å². The van der Waals surface area contributed by atoms with Crippen molar-refractivity contribution in [2.45, 2.75) is 18.4 Å². The van der Waals surface area contributed by atoms with Crippen LogP contribution in [0.25, 0.3) is 0 Å². The van der Waals surface area contributed by atoms with Crippen LogP contribution >= 0.6 is 0 Å². The fraction of sp³-hybridized carbons (Fsp3) is 0.375. The molecule has 110 valence electrons. The number of carboxylic acid groups (broad SMARTS) is 5. The van der Waals surface area contributed by atoms with Crippen molar-refractivity contribution in [3.8, 4) is 0 Å². The summed E-state index contributed by atoms with van der Waals surface area (Å²) < 4.78 is 0. The zero-order valence-electron chi connectivity index (χ0n) is 10.3. The molecule has 20 heavy (non-hydrogen) atoms. The maximum Gasteiger partial charge on any atom is 1.00 e. The monoisotopic (exact) mass is 306 g/mol. The minimum atomic E-state index is -2.74. The van der Waals surface area contributed by atoms with E-state index in [2.05, 4.69) is 0 Å². The third kappa shape index (κ3) is 18.7. The van der Waals surface area contributed by atoms with E-state index in [1.165, 1.54) is 0 Å². The molecule has 0 saturated carbocycles. The second-order valence-corrected chi connectivity index (χ2v) is 2.74. The normalized spacial score (nSPS) is 8.45. The summed E-state index contributed by atoms with van der Waals surface area (Å²) in [7, 11) is 0. The van der Waals surface area contributed by atoms with Gasteiger partial charge in [0.1, 0.15) is 6.79 Å². The summed E-state index contributed by atoms with van der Waals surface area (Å²) in [5, 5.41) is 49.1. The molecule has 0 aliphatic carbocycles. The molecule has 12 heteroatoms. The molecule has 0 aliphatic heterocycles. The van der Waals surface area contributed by atoms with E-state index in [1.807, 2.05) is 6.79 Å². The van der Waals surface area contributed by atoms with E-state index in [4.69, 9.17) is 40.2 Å². The summed E-state index contributed by atoms with van der Waals surface area (Å²) in [5.41, 5.74) is -2.74. The Hall–Kier alpha value is -1.69. The van der Waals surface area contributed by atoms with Gasteiger partial charge in [-0.05, 0) is 0 Å². The molecule has 0 saturated heterocycles. The molecule has 0 heterocycles. The maximum absolute atomic E-state index is 10.3. The average Bonchev–Trinajstić information content (AvgIpc) is 2.16. The van der Waals surface area contributed by atoms with E-state index < -0.39 is 42.5 Å². The van der Waals surface area contributed by atoms with Crippen LogP contribution in [0.2, 0.25) is 0 Å². The standard InChI is InChI=1S/C6H8O7.CH2O3.CH2O.Na/c7-3(8)1-6(13,5(11)12)2-4(9)10;2-1(3)4;1-2;/h13H,1-2H2,(H,7,8)(H,9,10)(H,11,12);(H2,2,3,4);1H2;/q;;;+1/p-1. The van der Waals surface area contributed by atoms with E-state index in [-0.39, 0.29) is 29.6 Å². The van der Waals surface area contributed by atoms with Crippen molar-refractivity contribution in [3.05, 3.63) is 0 Å². The maximum atomic E-state index is 10.3. The zero-order chi connectivity index (χ0) is 16.2. The Morgan fingerprint density at radius 2 is 1.10 bits per heavy atom. The molecule has 0 bridgehead atoms. The van der Waals surface area contributed by atoms with Gasteiger partial charge in [0.2, 0.25) is 6.16 Å². The molecule has 0 atom stereocenters. The van der Waals surface area contributed by atoms with Gasteiger partial charge in [-0.15, -0.1) is 0 Å². The van der Waals surface area contributed by atoms with Crippen LogP contribution in [0.15, 0.2) is 0 Å². The number of carbonyl (C=O) groups excluding carboxylic acids is 1. The van der Waals surface area contributed by atoms with Gasteiger partial charge < -0.3 is 40.2 Å². The molecule has 0 aromatic heterocycles. The van der Waals surface area contributed by atoms with E-state index in [1.54, 1.807) is 0 Å². The van der Waals surface area contributed by atoms with E-state index in [9.17, 15) is 14.4 Å². The van der Waals surface area contributed by atoms with Gasteiger partial charge in [-0.1, -0.05) is 0 Å².